The molecule has 0 aliphatic carbocycles. The summed E-state index contributed by atoms with van der Waals surface area (Å²) in [5, 5.41) is 5.52. The van der Waals surface area contributed by atoms with E-state index in [1.54, 1.807) is 36.4 Å². The van der Waals surface area contributed by atoms with Crippen LogP contribution in [-0.4, -0.2) is 29.8 Å². The number of amides is 2. The second-order valence-corrected chi connectivity index (χ2v) is 6.76. The zero-order chi connectivity index (χ0) is 22.2. The molecule has 1 heterocycles. The van der Waals surface area contributed by atoms with Crippen molar-refractivity contribution in [3.05, 3.63) is 89.1 Å². The first-order valence-electron chi connectivity index (χ1n) is 9.53. The van der Waals surface area contributed by atoms with Crippen molar-refractivity contribution in [1.29, 1.82) is 0 Å². The van der Waals surface area contributed by atoms with Crippen molar-refractivity contribution < 1.29 is 23.1 Å². The molecule has 2 N–H and O–H groups in total. The molecular formula is C23H21F2N3O3. The number of pyridine rings is 1. The third-order valence-corrected chi connectivity index (χ3v) is 4.31. The number of hydrogen-bond donors (Lipinski definition) is 2. The van der Waals surface area contributed by atoms with Crippen LogP contribution in [0.5, 0.6) is 5.88 Å². The topological polar surface area (TPSA) is 80.3 Å². The first-order chi connectivity index (χ1) is 14.9. The average Bonchev–Trinajstić information content (AvgIpc) is 2.77. The number of carbonyl (C=O) groups excluding carboxylic acids is 2. The predicted octanol–water partition coefficient (Wildman–Crippen LogP) is 4.22. The molecule has 2 aromatic carbocycles. The Morgan fingerprint density at radius 2 is 1.81 bits per heavy atom. The first kappa shape index (κ1) is 21.9. The number of benzene rings is 2. The van der Waals surface area contributed by atoms with Crippen molar-refractivity contribution in [1.82, 2.24) is 10.3 Å². The number of hydrogen-bond acceptors (Lipinski definition) is 4. The number of rotatable bonds is 8. The van der Waals surface area contributed by atoms with Crippen LogP contribution in [0.25, 0.3) is 0 Å². The van der Waals surface area contributed by atoms with Crippen LogP contribution in [0.2, 0.25) is 0 Å². The Labute approximate surface area is 178 Å². The van der Waals surface area contributed by atoms with Crippen molar-refractivity contribution in [3.8, 4) is 5.88 Å². The molecule has 0 spiro atoms. The number of nitrogens with zero attached hydrogens (tertiary/aromatic N) is 1. The smallest absolute Gasteiger partial charge is 0.272 e. The molecule has 8 heteroatoms. The van der Waals surface area contributed by atoms with Gasteiger partial charge in [0.25, 0.3) is 18.2 Å². The molecule has 1 aromatic heterocycles. The van der Waals surface area contributed by atoms with E-state index in [1.807, 2.05) is 19.1 Å². The van der Waals surface area contributed by atoms with Gasteiger partial charge in [-0.25, -0.2) is 13.8 Å². The maximum absolute atomic E-state index is 12.5. The summed E-state index contributed by atoms with van der Waals surface area (Å²) in [5.74, 6) is -0.900. The lowest BCUT2D eigenvalue weighted by atomic mass is 10.1. The SMILES string of the molecule is Cc1ccc(C(=O)Nc2cccc(CNC(=O)c3cccnc3OCC(F)F)c2)cc1. The van der Waals surface area contributed by atoms with Gasteiger partial charge in [0.05, 0.1) is 0 Å². The summed E-state index contributed by atoms with van der Waals surface area (Å²) in [6.45, 7) is 1.26. The monoisotopic (exact) mass is 425 g/mol. The quantitative estimate of drug-likeness (QED) is 0.566. The minimum atomic E-state index is -2.67. The average molecular weight is 425 g/mol. The van der Waals surface area contributed by atoms with E-state index in [-0.39, 0.29) is 23.9 Å². The summed E-state index contributed by atoms with van der Waals surface area (Å²) in [4.78, 5) is 28.7. The minimum Gasteiger partial charge on any atom is -0.471 e. The highest BCUT2D eigenvalue weighted by Crippen LogP contribution is 2.16. The molecule has 6 nitrogen and oxygen atoms in total. The van der Waals surface area contributed by atoms with Crippen LogP contribution in [0.4, 0.5) is 14.5 Å². The Morgan fingerprint density at radius 3 is 2.55 bits per heavy atom. The van der Waals surface area contributed by atoms with Crippen LogP contribution in [0, 0.1) is 6.92 Å². The van der Waals surface area contributed by atoms with Crippen molar-refractivity contribution >= 4 is 17.5 Å². The van der Waals surface area contributed by atoms with Gasteiger partial charge in [-0.2, -0.15) is 0 Å². The summed E-state index contributed by atoms with van der Waals surface area (Å²) in [6, 6.07) is 17.2. The molecule has 0 radical (unpaired) electrons. The van der Waals surface area contributed by atoms with Crippen molar-refractivity contribution in [3.63, 3.8) is 0 Å². The summed E-state index contributed by atoms with van der Waals surface area (Å²) in [5.41, 5.74) is 2.99. The highest BCUT2D eigenvalue weighted by molar-refractivity contribution is 6.04. The molecule has 0 fully saturated rings. The van der Waals surface area contributed by atoms with Gasteiger partial charge in [0.2, 0.25) is 5.88 Å². The van der Waals surface area contributed by atoms with Crippen LogP contribution in [0.3, 0.4) is 0 Å². The van der Waals surface area contributed by atoms with Crippen LogP contribution in [0.15, 0.2) is 66.9 Å². The maximum atomic E-state index is 12.5. The van der Waals surface area contributed by atoms with E-state index < -0.39 is 18.9 Å². The molecule has 31 heavy (non-hydrogen) atoms. The third kappa shape index (κ3) is 6.33. The first-order valence-corrected chi connectivity index (χ1v) is 9.53. The van der Waals surface area contributed by atoms with E-state index in [2.05, 4.69) is 15.6 Å². The second-order valence-electron chi connectivity index (χ2n) is 6.76. The standard InChI is InChI=1S/C23H21F2N3O3/c1-15-7-9-17(10-8-15)21(29)28-18-5-2-4-16(12-18)13-27-22(30)19-6-3-11-26-23(19)31-14-20(24)25/h2-12,20H,13-14H2,1H3,(H,27,30)(H,28,29). The summed E-state index contributed by atoms with van der Waals surface area (Å²) < 4.78 is 29.7. The largest absolute Gasteiger partial charge is 0.471 e. The molecule has 0 aliphatic heterocycles. The van der Waals surface area contributed by atoms with Gasteiger partial charge in [-0.3, -0.25) is 9.59 Å². The second kappa shape index (κ2) is 10.3. The molecule has 2 amide bonds. The number of carbonyl (C=O) groups is 2. The summed E-state index contributed by atoms with van der Waals surface area (Å²) in [6.07, 6.45) is -1.31. The van der Waals surface area contributed by atoms with Gasteiger partial charge < -0.3 is 15.4 Å². The van der Waals surface area contributed by atoms with Gasteiger partial charge in [-0.05, 0) is 48.9 Å². The molecule has 0 unspecified atom stereocenters. The van der Waals surface area contributed by atoms with Crippen LogP contribution in [0.1, 0.15) is 31.8 Å². The van der Waals surface area contributed by atoms with Crippen LogP contribution < -0.4 is 15.4 Å². The Kier molecular flexibility index (Phi) is 7.26. The third-order valence-electron chi connectivity index (χ3n) is 4.31. The number of nitrogens with one attached hydrogen (secondary N) is 2. The molecule has 3 rings (SSSR count). The number of aromatic nitrogens is 1. The summed E-state index contributed by atoms with van der Waals surface area (Å²) in [7, 11) is 0. The van der Waals surface area contributed by atoms with Gasteiger partial charge in [0.1, 0.15) is 5.56 Å². The molecule has 0 bridgehead atoms. The molecule has 0 aliphatic rings. The molecule has 0 saturated carbocycles. The van der Waals surface area contributed by atoms with E-state index in [1.165, 1.54) is 18.3 Å². The lowest BCUT2D eigenvalue weighted by molar-refractivity contribution is 0.0772. The Balaban J connectivity index is 1.62. The van der Waals surface area contributed by atoms with Crippen molar-refractivity contribution in [2.24, 2.45) is 0 Å². The van der Waals surface area contributed by atoms with Gasteiger partial charge >= 0.3 is 0 Å². The Hall–Kier alpha value is -3.81. The lowest BCUT2D eigenvalue weighted by Crippen LogP contribution is -2.24. The van der Waals surface area contributed by atoms with E-state index in [0.29, 0.717) is 11.3 Å². The highest BCUT2D eigenvalue weighted by Gasteiger charge is 2.15. The van der Waals surface area contributed by atoms with Crippen LogP contribution >= 0.6 is 0 Å². The van der Waals surface area contributed by atoms with Gasteiger partial charge in [0, 0.05) is 24.0 Å². The normalized spacial score (nSPS) is 10.6. The Bertz CT molecular complexity index is 1060. The van der Waals surface area contributed by atoms with Gasteiger partial charge in [0.15, 0.2) is 6.61 Å². The number of ether oxygens (including phenoxy) is 1. The fourth-order valence-corrected chi connectivity index (χ4v) is 2.77. The minimum absolute atomic E-state index is 0.0620. The number of aryl methyl sites for hydroxylation is 1. The fourth-order valence-electron chi connectivity index (χ4n) is 2.77. The molecule has 0 atom stereocenters. The van der Waals surface area contributed by atoms with E-state index in [9.17, 15) is 18.4 Å². The molecule has 3 aromatic rings. The zero-order valence-electron chi connectivity index (χ0n) is 16.8. The van der Waals surface area contributed by atoms with Crippen LogP contribution in [-0.2, 0) is 6.54 Å². The molecule has 160 valence electrons. The number of anilines is 1. The van der Waals surface area contributed by atoms with E-state index in [0.717, 1.165) is 11.1 Å². The predicted molar refractivity (Wildman–Crippen MR) is 112 cm³/mol. The van der Waals surface area contributed by atoms with Gasteiger partial charge in [-0.15, -0.1) is 0 Å². The number of alkyl halides is 2. The summed E-state index contributed by atoms with van der Waals surface area (Å²) >= 11 is 0. The molecule has 0 saturated heterocycles. The Morgan fingerprint density at radius 1 is 1.03 bits per heavy atom. The lowest BCUT2D eigenvalue weighted by Gasteiger charge is -2.11. The zero-order valence-corrected chi connectivity index (χ0v) is 16.8. The van der Waals surface area contributed by atoms with Crippen molar-refractivity contribution in [2.45, 2.75) is 19.9 Å². The maximum Gasteiger partial charge on any atom is 0.272 e. The number of halogens is 2. The van der Waals surface area contributed by atoms with E-state index >= 15 is 0 Å². The van der Waals surface area contributed by atoms with Gasteiger partial charge in [-0.1, -0.05) is 29.8 Å². The van der Waals surface area contributed by atoms with Crippen molar-refractivity contribution in [2.75, 3.05) is 11.9 Å². The highest BCUT2D eigenvalue weighted by atomic mass is 19.3. The van der Waals surface area contributed by atoms with E-state index in [4.69, 9.17) is 4.74 Å². The molecular weight excluding hydrogens is 404 g/mol. The fraction of sp³-hybridized carbons (Fsp3) is 0.174.